The van der Waals surface area contributed by atoms with Gasteiger partial charge in [-0.15, -0.1) is 0 Å². The summed E-state index contributed by atoms with van der Waals surface area (Å²) in [5.41, 5.74) is 8.28. The van der Waals surface area contributed by atoms with Gasteiger partial charge in [-0.1, -0.05) is 17.3 Å². The fourth-order valence-electron chi connectivity index (χ4n) is 1.30. The third kappa shape index (κ3) is 0.905. The summed E-state index contributed by atoms with van der Waals surface area (Å²) in [6.45, 7) is 2.41. The van der Waals surface area contributed by atoms with Gasteiger partial charge >= 0.3 is 0 Å². The van der Waals surface area contributed by atoms with Crippen molar-refractivity contribution in [2.45, 2.75) is 13.5 Å². The van der Waals surface area contributed by atoms with Gasteiger partial charge in [-0.05, 0) is 13.0 Å². The number of aromatic nitrogens is 1. The second-order valence-corrected chi connectivity index (χ2v) is 2.77. The van der Waals surface area contributed by atoms with Gasteiger partial charge in [0.25, 0.3) is 0 Å². The zero-order valence-corrected chi connectivity index (χ0v) is 6.87. The third-order valence-corrected chi connectivity index (χ3v) is 1.98. The van der Waals surface area contributed by atoms with Crippen LogP contribution in [-0.4, -0.2) is 5.16 Å². The van der Waals surface area contributed by atoms with Gasteiger partial charge in [0.1, 0.15) is 0 Å². The summed E-state index contributed by atoms with van der Waals surface area (Å²) >= 11 is 0. The molecule has 0 saturated heterocycles. The lowest BCUT2D eigenvalue weighted by molar-refractivity contribution is 0.448. The summed E-state index contributed by atoms with van der Waals surface area (Å²) in [7, 11) is 0. The highest BCUT2D eigenvalue weighted by molar-refractivity contribution is 5.82. The summed E-state index contributed by atoms with van der Waals surface area (Å²) in [4.78, 5) is 0. The van der Waals surface area contributed by atoms with Crippen molar-refractivity contribution in [2.75, 3.05) is 0 Å². The SMILES string of the molecule is Cc1noc2c(CN)cccc12. The molecule has 3 nitrogen and oxygen atoms in total. The molecule has 1 aromatic heterocycles. The molecular weight excluding hydrogens is 152 g/mol. The Morgan fingerprint density at radius 2 is 2.33 bits per heavy atom. The smallest absolute Gasteiger partial charge is 0.171 e. The molecule has 0 saturated carbocycles. The molecule has 0 unspecified atom stereocenters. The van der Waals surface area contributed by atoms with Crippen LogP contribution in [0.1, 0.15) is 11.3 Å². The van der Waals surface area contributed by atoms with E-state index in [1.54, 1.807) is 0 Å². The number of aryl methyl sites for hydroxylation is 1. The Kier molecular flexibility index (Phi) is 1.59. The number of rotatable bonds is 1. The van der Waals surface area contributed by atoms with Crippen LogP contribution >= 0.6 is 0 Å². The van der Waals surface area contributed by atoms with Crippen molar-refractivity contribution in [1.29, 1.82) is 0 Å². The van der Waals surface area contributed by atoms with Crippen molar-refractivity contribution >= 4 is 11.0 Å². The highest BCUT2D eigenvalue weighted by Crippen LogP contribution is 2.20. The number of hydrogen-bond acceptors (Lipinski definition) is 3. The van der Waals surface area contributed by atoms with Crippen molar-refractivity contribution in [3.05, 3.63) is 29.5 Å². The lowest BCUT2D eigenvalue weighted by atomic mass is 10.1. The highest BCUT2D eigenvalue weighted by atomic mass is 16.5. The van der Waals surface area contributed by atoms with Crippen LogP contribution in [0.25, 0.3) is 11.0 Å². The van der Waals surface area contributed by atoms with E-state index in [1.165, 1.54) is 0 Å². The molecule has 62 valence electrons. The first kappa shape index (κ1) is 7.31. The maximum absolute atomic E-state index is 5.54. The van der Waals surface area contributed by atoms with Crippen molar-refractivity contribution in [3.8, 4) is 0 Å². The molecule has 0 bridgehead atoms. The van der Waals surface area contributed by atoms with E-state index in [0.29, 0.717) is 6.54 Å². The Morgan fingerprint density at radius 1 is 1.50 bits per heavy atom. The zero-order chi connectivity index (χ0) is 8.55. The molecule has 12 heavy (non-hydrogen) atoms. The predicted molar refractivity (Wildman–Crippen MR) is 46.6 cm³/mol. The number of benzene rings is 1. The molecule has 2 N–H and O–H groups in total. The molecule has 0 atom stereocenters. The van der Waals surface area contributed by atoms with E-state index in [1.807, 2.05) is 25.1 Å². The van der Waals surface area contributed by atoms with Gasteiger partial charge in [-0.2, -0.15) is 0 Å². The van der Waals surface area contributed by atoms with Crippen LogP contribution in [0.3, 0.4) is 0 Å². The fraction of sp³-hybridized carbons (Fsp3) is 0.222. The van der Waals surface area contributed by atoms with Gasteiger partial charge in [0.15, 0.2) is 5.58 Å². The van der Waals surface area contributed by atoms with Crippen molar-refractivity contribution < 1.29 is 4.52 Å². The van der Waals surface area contributed by atoms with Crippen LogP contribution in [0, 0.1) is 6.92 Å². The van der Waals surface area contributed by atoms with Crippen LogP contribution in [0.15, 0.2) is 22.7 Å². The van der Waals surface area contributed by atoms with E-state index in [2.05, 4.69) is 5.16 Å². The lowest BCUT2D eigenvalue weighted by Gasteiger charge is -1.94. The summed E-state index contributed by atoms with van der Waals surface area (Å²) in [6.07, 6.45) is 0. The van der Waals surface area contributed by atoms with E-state index >= 15 is 0 Å². The topological polar surface area (TPSA) is 52.0 Å². The largest absolute Gasteiger partial charge is 0.356 e. The maximum Gasteiger partial charge on any atom is 0.171 e. The van der Waals surface area contributed by atoms with Crippen molar-refractivity contribution in [1.82, 2.24) is 5.16 Å². The first-order valence-corrected chi connectivity index (χ1v) is 3.87. The first-order valence-electron chi connectivity index (χ1n) is 3.87. The quantitative estimate of drug-likeness (QED) is 0.692. The molecule has 1 aromatic carbocycles. The first-order chi connectivity index (χ1) is 5.83. The van der Waals surface area contributed by atoms with Gasteiger partial charge in [0.2, 0.25) is 0 Å². The van der Waals surface area contributed by atoms with Crippen molar-refractivity contribution in [3.63, 3.8) is 0 Å². The second-order valence-electron chi connectivity index (χ2n) is 2.77. The Morgan fingerprint density at radius 3 is 3.08 bits per heavy atom. The van der Waals surface area contributed by atoms with E-state index in [0.717, 1.165) is 22.2 Å². The highest BCUT2D eigenvalue weighted by Gasteiger charge is 2.06. The number of hydrogen-bond donors (Lipinski definition) is 1. The molecule has 0 fully saturated rings. The number of nitrogens with two attached hydrogens (primary N) is 1. The fourth-order valence-corrected chi connectivity index (χ4v) is 1.30. The molecule has 1 heterocycles. The van der Waals surface area contributed by atoms with E-state index in [9.17, 15) is 0 Å². The third-order valence-electron chi connectivity index (χ3n) is 1.98. The molecule has 3 heteroatoms. The van der Waals surface area contributed by atoms with Crippen LogP contribution in [0.5, 0.6) is 0 Å². The van der Waals surface area contributed by atoms with E-state index in [-0.39, 0.29) is 0 Å². The Labute approximate surface area is 70.1 Å². The predicted octanol–water partition coefficient (Wildman–Crippen LogP) is 1.59. The molecule has 0 radical (unpaired) electrons. The van der Waals surface area contributed by atoms with Gasteiger partial charge in [-0.25, -0.2) is 0 Å². The monoisotopic (exact) mass is 162 g/mol. The van der Waals surface area contributed by atoms with Gasteiger partial charge in [0.05, 0.1) is 5.69 Å². The molecule has 0 aliphatic rings. The molecule has 0 aliphatic heterocycles. The van der Waals surface area contributed by atoms with E-state index < -0.39 is 0 Å². The summed E-state index contributed by atoms with van der Waals surface area (Å²) in [5.74, 6) is 0. The average molecular weight is 162 g/mol. The van der Waals surface area contributed by atoms with Crippen LogP contribution < -0.4 is 5.73 Å². The summed E-state index contributed by atoms with van der Waals surface area (Å²) in [5, 5.41) is 4.93. The molecule has 0 amide bonds. The van der Waals surface area contributed by atoms with Crippen LogP contribution in [-0.2, 0) is 6.54 Å². The minimum atomic E-state index is 0.492. The Hall–Kier alpha value is -1.35. The number of fused-ring (bicyclic) bond motifs is 1. The molecule has 2 rings (SSSR count). The number of para-hydroxylation sites is 1. The minimum Gasteiger partial charge on any atom is -0.356 e. The zero-order valence-electron chi connectivity index (χ0n) is 6.87. The van der Waals surface area contributed by atoms with Gasteiger partial charge in [-0.3, -0.25) is 0 Å². The molecular formula is C9H10N2O. The van der Waals surface area contributed by atoms with Gasteiger partial charge < -0.3 is 10.3 Å². The average Bonchev–Trinajstić information content (AvgIpc) is 2.48. The lowest BCUT2D eigenvalue weighted by Crippen LogP contribution is -1.95. The standard InChI is InChI=1S/C9H10N2O/c1-6-8-4-2-3-7(5-10)9(8)12-11-6/h2-4H,5,10H2,1H3. The molecule has 0 aliphatic carbocycles. The Bertz CT molecular complexity index is 406. The maximum atomic E-state index is 5.54. The Balaban J connectivity index is 2.81. The molecule has 0 spiro atoms. The van der Waals surface area contributed by atoms with Gasteiger partial charge in [0, 0.05) is 17.5 Å². The van der Waals surface area contributed by atoms with E-state index in [4.69, 9.17) is 10.3 Å². The minimum absolute atomic E-state index is 0.492. The molecule has 2 aromatic rings. The normalized spacial score (nSPS) is 10.8. The van der Waals surface area contributed by atoms with Crippen LogP contribution in [0.4, 0.5) is 0 Å². The van der Waals surface area contributed by atoms with Crippen LogP contribution in [0.2, 0.25) is 0 Å². The van der Waals surface area contributed by atoms with Crippen molar-refractivity contribution in [2.24, 2.45) is 5.73 Å². The second kappa shape index (κ2) is 2.60. The number of nitrogens with zero attached hydrogens (tertiary/aromatic N) is 1. The summed E-state index contributed by atoms with van der Waals surface area (Å²) in [6, 6.07) is 5.90. The summed E-state index contributed by atoms with van der Waals surface area (Å²) < 4.78 is 5.14.